The Morgan fingerprint density at radius 1 is 1.07 bits per heavy atom. The Morgan fingerprint density at radius 2 is 1.86 bits per heavy atom. The summed E-state index contributed by atoms with van der Waals surface area (Å²) < 4.78 is 0. The lowest BCUT2D eigenvalue weighted by Crippen LogP contribution is -2.22. The Balaban J connectivity index is 1.60. The Labute approximate surface area is 163 Å². The van der Waals surface area contributed by atoms with Crippen molar-refractivity contribution in [1.29, 1.82) is 0 Å². The second-order valence-electron chi connectivity index (χ2n) is 6.38. The maximum atomic E-state index is 12.4. The molecule has 7 nitrogen and oxygen atoms in total. The molecule has 142 valence electrons. The van der Waals surface area contributed by atoms with E-state index in [9.17, 15) is 9.59 Å². The molecule has 1 N–H and O–H groups in total. The molecule has 0 saturated carbocycles. The Bertz CT molecular complexity index is 958. The van der Waals surface area contributed by atoms with Gasteiger partial charge in [0.2, 0.25) is 0 Å². The molecule has 1 aromatic carbocycles. The van der Waals surface area contributed by atoms with Gasteiger partial charge in [-0.05, 0) is 43.2 Å². The van der Waals surface area contributed by atoms with Gasteiger partial charge in [0, 0.05) is 37.2 Å². The SMILES string of the molecule is CC(=O)c1cccc(NC(=O)c2cnc(N(C)CCc3ccncc3)cn2)c1. The summed E-state index contributed by atoms with van der Waals surface area (Å²) in [6, 6.07) is 10.7. The van der Waals surface area contributed by atoms with Crippen LogP contribution in [0.2, 0.25) is 0 Å². The molecule has 0 radical (unpaired) electrons. The normalized spacial score (nSPS) is 10.4. The first-order valence-electron chi connectivity index (χ1n) is 8.87. The van der Waals surface area contributed by atoms with Gasteiger partial charge < -0.3 is 10.2 Å². The number of aromatic nitrogens is 3. The maximum Gasteiger partial charge on any atom is 0.275 e. The van der Waals surface area contributed by atoms with Crippen molar-refractivity contribution in [3.05, 3.63) is 78.0 Å². The van der Waals surface area contributed by atoms with E-state index in [0.717, 1.165) is 13.0 Å². The molecule has 1 amide bonds. The van der Waals surface area contributed by atoms with Crippen LogP contribution in [0.25, 0.3) is 0 Å². The van der Waals surface area contributed by atoms with Gasteiger partial charge in [0.1, 0.15) is 11.5 Å². The van der Waals surface area contributed by atoms with E-state index in [0.29, 0.717) is 17.1 Å². The molecule has 2 aromatic heterocycles. The smallest absolute Gasteiger partial charge is 0.275 e. The maximum absolute atomic E-state index is 12.4. The van der Waals surface area contributed by atoms with E-state index in [-0.39, 0.29) is 17.4 Å². The van der Waals surface area contributed by atoms with Crippen LogP contribution in [0.3, 0.4) is 0 Å². The molecule has 7 heteroatoms. The first-order chi connectivity index (χ1) is 13.5. The summed E-state index contributed by atoms with van der Waals surface area (Å²) in [7, 11) is 1.93. The molecular formula is C21H21N5O2. The summed E-state index contributed by atoms with van der Waals surface area (Å²) in [6.07, 6.45) is 7.43. The third kappa shape index (κ3) is 4.97. The predicted octanol–water partition coefficient (Wildman–Crippen LogP) is 3.01. The van der Waals surface area contributed by atoms with Gasteiger partial charge in [-0.3, -0.25) is 14.6 Å². The molecule has 3 aromatic rings. The minimum absolute atomic E-state index is 0.0601. The number of carbonyl (C=O) groups excluding carboxylic acids is 2. The molecule has 28 heavy (non-hydrogen) atoms. The quantitative estimate of drug-likeness (QED) is 0.639. The molecule has 0 aliphatic heterocycles. The Kier molecular flexibility index (Phi) is 6.06. The zero-order valence-electron chi connectivity index (χ0n) is 15.8. The van der Waals surface area contributed by atoms with E-state index in [2.05, 4.69) is 20.3 Å². The summed E-state index contributed by atoms with van der Waals surface area (Å²) in [4.78, 5) is 38.4. The fraction of sp³-hybridized carbons (Fsp3) is 0.190. The molecule has 0 aliphatic carbocycles. The van der Waals surface area contributed by atoms with Crippen LogP contribution in [0.15, 0.2) is 61.2 Å². The van der Waals surface area contributed by atoms with E-state index < -0.39 is 0 Å². The molecular weight excluding hydrogens is 354 g/mol. The number of amides is 1. The van der Waals surface area contributed by atoms with Crippen LogP contribution in [-0.2, 0) is 6.42 Å². The summed E-state index contributed by atoms with van der Waals surface area (Å²) in [5.41, 5.74) is 2.48. The average molecular weight is 375 g/mol. The highest BCUT2D eigenvalue weighted by Gasteiger charge is 2.11. The van der Waals surface area contributed by atoms with Crippen molar-refractivity contribution < 1.29 is 9.59 Å². The number of rotatable bonds is 7. The van der Waals surface area contributed by atoms with Crippen molar-refractivity contribution in [2.75, 3.05) is 23.8 Å². The van der Waals surface area contributed by atoms with Gasteiger partial charge in [-0.1, -0.05) is 12.1 Å². The fourth-order valence-electron chi connectivity index (χ4n) is 2.61. The number of nitrogens with one attached hydrogen (secondary N) is 1. The molecule has 0 bridgehead atoms. The average Bonchev–Trinajstić information content (AvgIpc) is 2.73. The minimum Gasteiger partial charge on any atom is -0.358 e. The second kappa shape index (κ2) is 8.85. The topological polar surface area (TPSA) is 88.1 Å². The number of hydrogen-bond donors (Lipinski definition) is 1. The number of ketones is 1. The zero-order chi connectivity index (χ0) is 19.9. The summed E-state index contributed by atoms with van der Waals surface area (Å²) in [6.45, 7) is 2.25. The molecule has 0 aliphatic rings. The van der Waals surface area contributed by atoms with Crippen LogP contribution in [0.5, 0.6) is 0 Å². The van der Waals surface area contributed by atoms with E-state index in [1.165, 1.54) is 18.7 Å². The number of anilines is 2. The highest BCUT2D eigenvalue weighted by Crippen LogP contribution is 2.13. The summed E-state index contributed by atoms with van der Waals surface area (Å²) >= 11 is 0. The third-order valence-electron chi connectivity index (χ3n) is 4.27. The number of carbonyl (C=O) groups is 2. The van der Waals surface area contributed by atoms with Gasteiger partial charge in [-0.15, -0.1) is 0 Å². The summed E-state index contributed by atoms with van der Waals surface area (Å²) in [5, 5.41) is 2.74. The molecule has 0 atom stereocenters. The van der Waals surface area contributed by atoms with Crippen LogP contribution in [0, 0.1) is 0 Å². The Morgan fingerprint density at radius 3 is 2.54 bits per heavy atom. The lowest BCUT2D eigenvalue weighted by atomic mass is 10.1. The molecule has 0 spiro atoms. The van der Waals surface area contributed by atoms with Crippen LogP contribution in [0.4, 0.5) is 11.5 Å². The van der Waals surface area contributed by atoms with Crippen LogP contribution < -0.4 is 10.2 Å². The number of benzene rings is 1. The lowest BCUT2D eigenvalue weighted by Gasteiger charge is -2.17. The van der Waals surface area contributed by atoms with Crippen molar-refractivity contribution in [1.82, 2.24) is 15.0 Å². The van der Waals surface area contributed by atoms with Gasteiger partial charge in [-0.25, -0.2) is 9.97 Å². The largest absolute Gasteiger partial charge is 0.358 e. The molecule has 2 heterocycles. The summed E-state index contributed by atoms with van der Waals surface area (Å²) in [5.74, 6) is 0.249. The number of nitrogens with zero attached hydrogens (tertiary/aromatic N) is 4. The zero-order valence-corrected chi connectivity index (χ0v) is 15.8. The highest BCUT2D eigenvalue weighted by atomic mass is 16.2. The minimum atomic E-state index is -0.376. The van der Waals surface area contributed by atoms with Crippen LogP contribution in [0.1, 0.15) is 33.3 Å². The number of likely N-dealkylation sites (N-methyl/N-ethyl adjacent to an activating group) is 1. The van der Waals surface area contributed by atoms with E-state index >= 15 is 0 Å². The van der Waals surface area contributed by atoms with Crippen molar-refractivity contribution in [2.24, 2.45) is 0 Å². The fourth-order valence-corrected chi connectivity index (χ4v) is 2.61. The van der Waals surface area contributed by atoms with Crippen molar-refractivity contribution in [3.8, 4) is 0 Å². The van der Waals surface area contributed by atoms with E-state index in [1.54, 1.807) is 42.9 Å². The molecule has 3 rings (SSSR count). The highest BCUT2D eigenvalue weighted by molar-refractivity contribution is 6.03. The van der Waals surface area contributed by atoms with E-state index in [4.69, 9.17) is 0 Å². The lowest BCUT2D eigenvalue weighted by molar-refractivity contribution is 0.100. The second-order valence-corrected chi connectivity index (χ2v) is 6.38. The van der Waals surface area contributed by atoms with Gasteiger partial charge >= 0.3 is 0 Å². The number of pyridine rings is 1. The van der Waals surface area contributed by atoms with Crippen LogP contribution >= 0.6 is 0 Å². The van der Waals surface area contributed by atoms with Gasteiger partial charge in [0.15, 0.2) is 5.78 Å². The monoisotopic (exact) mass is 375 g/mol. The van der Waals surface area contributed by atoms with E-state index in [1.807, 2.05) is 24.1 Å². The van der Waals surface area contributed by atoms with Gasteiger partial charge in [-0.2, -0.15) is 0 Å². The van der Waals surface area contributed by atoms with Crippen LogP contribution in [-0.4, -0.2) is 40.2 Å². The molecule has 0 saturated heterocycles. The standard InChI is InChI=1S/C21H21N5O2/c1-15(27)17-4-3-5-18(12-17)25-21(28)19-13-24-20(14-23-19)26(2)11-8-16-6-9-22-10-7-16/h3-7,9-10,12-14H,8,11H2,1-2H3,(H,25,28). The van der Waals surface area contributed by atoms with Crippen molar-refractivity contribution >= 4 is 23.2 Å². The Hall–Kier alpha value is -3.61. The van der Waals surface area contributed by atoms with Crippen molar-refractivity contribution in [3.63, 3.8) is 0 Å². The van der Waals surface area contributed by atoms with Crippen molar-refractivity contribution in [2.45, 2.75) is 13.3 Å². The van der Waals surface area contributed by atoms with Gasteiger partial charge in [0.05, 0.1) is 12.4 Å². The third-order valence-corrected chi connectivity index (χ3v) is 4.27. The number of Topliss-reactive ketones (excluding diaryl/α,β-unsaturated/α-hetero) is 1. The van der Waals surface area contributed by atoms with Gasteiger partial charge in [0.25, 0.3) is 5.91 Å². The first kappa shape index (κ1) is 19.2. The molecule has 0 unspecified atom stereocenters. The number of hydrogen-bond acceptors (Lipinski definition) is 6. The predicted molar refractivity (Wildman–Crippen MR) is 108 cm³/mol. The first-order valence-corrected chi connectivity index (χ1v) is 8.87. The molecule has 0 fully saturated rings.